The van der Waals surface area contributed by atoms with Gasteiger partial charge in [-0.2, -0.15) is 0 Å². The Hall–Kier alpha value is -3.39. The van der Waals surface area contributed by atoms with Crippen molar-refractivity contribution < 1.29 is 19.1 Å². The van der Waals surface area contributed by atoms with Crippen LogP contribution in [0, 0.1) is 6.92 Å². The summed E-state index contributed by atoms with van der Waals surface area (Å²) >= 11 is 0. The number of nitrogens with one attached hydrogen (secondary N) is 4. The number of anilines is 3. The average molecular weight is 412 g/mol. The van der Waals surface area contributed by atoms with Crippen LogP contribution in [0.2, 0.25) is 0 Å². The molecule has 0 atom stereocenters. The molecule has 0 aliphatic heterocycles. The Kier molecular flexibility index (Phi) is 8.83. The van der Waals surface area contributed by atoms with E-state index in [9.17, 15) is 14.4 Å². The Morgan fingerprint density at radius 3 is 2.30 bits per heavy atom. The molecule has 4 N–H and O–H groups in total. The minimum atomic E-state index is -0.230. The van der Waals surface area contributed by atoms with Gasteiger partial charge in [-0.1, -0.05) is 13.0 Å². The van der Waals surface area contributed by atoms with E-state index in [-0.39, 0.29) is 24.3 Å². The highest BCUT2D eigenvalue weighted by atomic mass is 16.5. The molecule has 0 unspecified atom stereocenters. The van der Waals surface area contributed by atoms with Crippen LogP contribution in [-0.4, -0.2) is 44.5 Å². The van der Waals surface area contributed by atoms with Crippen LogP contribution in [0.1, 0.15) is 29.3 Å². The fourth-order valence-corrected chi connectivity index (χ4v) is 2.57. The second-order valence-corrected chi connectivity index (χ2v) is 6.66. The Morgan fingerprint density at radius 1 is 0.933 bits per heavy atom. The predicted molar refractivity (Wildman–Crippen MR) is 118 cm³/mol. The van der Waals surface area contributed by atoms with Crippen molar-refractivity contribution >= 4 is 34.8 Å². The summed E-state index contributed by atoms with van der Waals surface area (Å²) in [5.41, 5.74) is 3.48. The molecule has 0 spiro atoms. The highest BCUT2D eigenvalue weighted by Gasteiger charge is 2.08. The second-order valence-electron chi connectivity index (χ2n) is 6.66. The first kappa shape index (κ1) is 22.9. The number of carbonyl (C=O) groups is 3. The summed E-state index contributed by atoms with van der Waals surface area (Å²) in [6.07, 6.45) is 0.396. The largest absolute Gasteiger partial charge is 0.383 e. The van der Waals surface area contributed by atoms with Crippen LogP contribution < -0.4 is 21.3 Å². The topological polar surface area (TPSA) is 109 Å². The summed E-state index contributed by atoms with van der Waals surface area (Å²) in [4.78, 5) is 35.8. The molecular formula is C22H28N4O4. The normalized spacial score (nSPS) is 10.2. The average Bonchev–Trinajstić information content (AvgIpc) is 2.74. The van der Waals surface area contributed by atoms with E-state index in [2.05, 4.69) is 21.3 Å². The highest BCUT2D eigenvalue weighted by Crippen LogP contribution is 2.20. The van der Waals surface area contributed by atoms with Crippen LogP contribution in [0.25, 0.3) is 0 Å². The van der Waals surface area contributed by atoms with Crippen molar-refractivity contribution in [3.05, 3.63) is 53.6 Å². The molecule has 0 saturated heterocycles. The summed E-state index contributed by atoms with van der Waals surface area (Å²) in [5.74, 6) is -0.493. The first-order valence-corrected chi connectivity index (χ1v) is 9.74. The van der Waals surface area contributed by atoms with Crippen molar-refractivity contribution in [2.45, 2.75) is 20.3 Å². The molecule has 0 aliphatic rings. The van der Waals surface area contributed by atoms with Crippen LogP contribution in [0.5, 0.6) is 0 Å². The number of benzene rings is 2. The van der Waals surface area contributed by atoms with Crippen LogP contribution in [0.15, 0.2) is 42.5 Å². The van der Waals surface area contributed by atoms with E-state index >= 15 is 0 Å². The van der Waals surface area contributed by atoms with Gasteiger partial charge in [-0.15, -0.1) is 0 Å². The van der Waals surface area contributed by atoms with Gasteiger partial charge in [0.05, 0.1) is 13.2 Å². The van der Waals surface area contributed by atoms with Crippen molar-refractivity contribution in [1.29, 1.82) is 0 Å². The van der Waals surface area contributed by atoms with Crippen LogP contribution in [0.3, 0.4) is 0 Å². The minimum Gasteiger partial charge on any atom is -0.383 e. The Bertz CT molecular complexity index is 881. The van der Waals surface area contributed by atoms with Crippen LogP contribution in [0.4, 0.5) is 17.1 Å². The van der Waals surface area contributed by atoms with Gasteiger partial charge in [0.25, 0.3) is 5.91 Å². The molecule has 2 aromatic carbocycles. The number of amides is 3. The third kappa shape index (κ3) is 7.21. The van der Waals surface area contributed by atoms with Gasteiger partial charge in [0, 0.05) is 42.7 Å². The van der Waals surface area contributed by atoms with Gasteiger partial charge in [0.1, 0.15) is 0 Å². The molecule has 0 radical (unpaired) electrons. The van der Waals surface area contributed by atoms with Crippen molar-refractivity contribution in [2.75, 3.05) is 42.8 Å². The number of hydrogen-bond donors (Lipinski definition) is 4. The lowest BCUT2D eigenvalue weighted by Gasteiger charge is -2.12. The molecule has 0 aliphatic carbocycles. The van der Waals surface area contributed by atoms with Crippen molar-refractivity contribution in [3.63, 3.8) is 0 Å². The first-order chi connectivity index (χ1) is 14.4. The van der Waals surface area contributed by atoms with E-state index in [4.69, 9.17) is 4.74 Å². The Balaban J connectivity index is 1.87. The second kappa shape index (κ2) is 11.6. The number of methoxy groups -OCH3 is 1. The van der Waals surface area contributed by atoms with E-state index in [0.29, 0.717) is 36.5 Å². The van der Waals surface area contributed by atoms with Crippen LogP contribution in [-0.2, 0) is 14.3 Å². The molecular weight excluding hydrogens is 384 g/mol. The molecule has 0 fully saturated rings. The van der Waals surface area contributed by atoms with Gasteiger partial charge in [-0.05, 0) is 48.9 Å². The zero-order chi connectivity index (χ0) is 21.9. The quantitative estimate of drug-likeness (QED) is 0.449. The number of aryl methyl sites for hydroxylation is 1. The zero-order valence-corrected chi connectivity index (χ0v) is 17.5. The van der Waals surface area contributed by atoms with Gasteiger partial charge in [-0.3, -0.25) is 14.4 Å². The summed E-state index contributed by atoms with van der Waals surface area (Å²) in [7, 11) is 1.57. The van der Waals surface area contributed by atoms with E-state index < -0.39 is 0 Å². The standard InChI is InChI=1S/C22H28N4O4/c1-4-20(27)26-19-13-18(8-5-15(19)2)24-14-21(28)25-17-9-6-16(7-10-17)22(29)23-11-12-30-3/h5-10,13,24H,4,11-12,14H2,1-3H3,(H,23,29)(H,25,28)(H,26,27). The molecule has 0 heterocycles. The molecule has 30 heavy (non-hydrogen) atoms. The van der Waals surface area contributed by atoms with Gasteiger partial charge in [-0.25, -0.2) is 0 Å². The molecule has 2 rings (SSSR count). The van der Waals surface area contributed by atoms with Gasteiger partial charge >= 0.3 is 0 Å². The number of hydrogen-bond acceptors (Lipinski definition) is 5. The molecule has 0 bridgehead atoms. The summed E-state index contributed by atoms with van der Waals surface area (Å²) in [5, 5.41) is 11.4. The van der Waals surface area contributed by atoms with E-state index in [1.54, 1.807) is 44.4 Å². The maximum absolute atomic E-state index is 12.2. The number of carbonyl (C=O) groups excluding carboxylic acids is 3. The fourth-order valence-electron chi connectivity index (χ4n) is 2.57. The SMILES string of the molecule is CCC(=O)Nc1cc(NCC(=O)Nc2ccc(C(=O)NCCOC)cc2)ccc1C. The van der Waals surface area contributed by atoms with Crippen molar-refractivity contribution in [1.82, 2.24) is 5.32 Å². The van der Waals surface area contributed by atoms with Crippen molar-refractivity contribution in [3.8, 4) is 0 Å². The van der Waals surface area contributed by atoms with E-state index in [1.807, 2.05) is 19.1 Å². The van der Waals surface area contributed by atoms with Crippen LogP contribution >= 0.6 is 0 Å². The zero-order valence-electron chi connectivity index (χ0n) is 17.5. The lowest BCUT2D eigenvalue weighted by molar-refractivity contribution is -0.116. The van der Waals surface area contributed by atoms with Crippen molar-refractivity contribution in [2.24, 2.45) is 0 Å². The maximum Gasteiger partial charge on any atom is 0.251 e. The lowest BCUT2D eigenvalue weighted by Crippen LogP contribution is -2.27. The third-order valence-electron chi connectivity index (χ3n) is 4.31. The summed E-state index contributed by atoms with van der Waals surface area (Å²) in [6.45, 7) is 4.63. The number of rotatable bonds is 10. The third-order valence-corrected chi connectivity index (χ3v) is 4.31. The van der Waals surface area contributed by atoms with Gasteiger partial charge in [0.2, 0.25) is 11.8 Å². The summed E-state index contributed by atoms with van der Waals surface area (Å²) < 4.78 is 4.89. The Labute approximate surface area is 176 Å². The van der Waals surface area contributed by atoms with E-state index in [0.717, 1.165) is 11.3 Å². The molecule has 0 saturated carbocycles. The first-order valence-electron chi connectivity index (χ1n) is 9.74. The predicted octanol–water partition coefficient (Wildman–Crippen LogP) is 2.77. The fraction of sp³-hybridized carbons (Fsp3) is 0.318. The molecule has 8 nitrogen and oxygen atoms in total. The molecule has 2 aromatic rings. The smallest absolute Gasteiger partial charge is 0.251 e. The Morgan fingerprint density at radius 2 is 1.63 bits per heavy atom. The van der Waals surface area contributed by atoms with E-state index in [1.165, 1.54) is 0 Å². The summed E-state index contributed by atoms with van der Waals surface area (Å²) in [6, 6.07) is 12.2. The molecule has 160 valence electrons. The monoisotopic (exact) mass is 412 g/mol. The molecule has 8 heteroatoms. The van der Waals surface area contributed by atoms with Gasteiger partial charge in [0.15, 0.2) is 0 Å². The minimum absolute atomic E-state index is 0.0590. The lowest BCUT2D eigenvalue weighted by atomic mass is 10.1. The molecule has 0 aromatic heterocycles. The van der Waals surface area contributed by atoms with Gasteiger partial charge < -0.3 is 26.0 Å². The highest BCUT2D eigenvalue weighted by molar-refractivity contribution is 5.97. The number of ether oxygens (including phenoxy) is 1. The molecule has 3 amide bonds. The maximum atomic E-state index is 12.2.